The highest BCUT2D eigenvalue weighted by Gasteiger charge is 2.33. The normalized spacial score (nSPS) is 21.1. The van der Waals surface area contributed by atoms with Crippen molar-refractivity contribution in [2.45, 2.75) is 34.1 Å². The third-order valence-corrected chi connectivity index (χ3v) is 2.81. The molecule has 0 radical (unpaired) electrons. The average Bonchev–Trinajstić information content (AvgIpc) is 2.16. The predicted molar refractivity (Wildman–Crippen MR) is 60.4 cm³/mol. The Morgan fingerprint density at radius 1 is 1.56 bits per heavy atom. The minimum Gasteiger partial charge on any atom is -0.463 e. The Hall–Kier alpha value is -1.32. The molecule has 1 N–H and O–H groups in total. The number of nitrogens with one attached hydrogen (secondary N) is 1. The molecule has 0 unspecified atom stereocenters. The molecule has 0 aromatic rings. The van der Waals surface area contributed by atoms with Gasteiger partial charge in [-0.15, -0.1) is 0 Å². The van der Waals surface area contributed by atoms with Gasteiger partial charge in [-0.25, -0.2) is 4.79 Å². The van der Waals surface area contributed by atoms with Crippen LogP contribution in [0.2, 0.25) is 0 Å². The van der Waals surface area contributed by atoms with E-state index in [0.717, 1.165) is 0 Å². The SMILES string of the molecule is CCOC(=O)C1=C(C)NC(=O)C[C@@H]1C(C)C. The van der Waals surface area contributed by atoms with Crippen LogP contribution in [0.4, 0.5) is 0 Å². The second kappa shape index (κ2) is 5.14. The molecule has 4 nitrogen and oxygen atoms in total. The second-order valence-corrected chi connectivity index (χ2v) is 4.36. The number of hydrogen-bond acceptors (Lipinski definition) is 3. The number of carbonyl (C=O) groups is 2. The molecule has 0 aliphatic carbocycles. The Morgan fingerprint density at radius 3 is 2.69 bits per heavy atom. The highest BCUT2D eigenvalue weighted by atomic mass is 16.5. The van der Waals surface area contributed by atoms with Crippen LogP contribution in [0, 0.1) is 11.8 Å². The van der Waals surface area contributed by atoms with E-state index in [-0.39, 0.29) is 23.7 Å². The van der Waals surface area contributed by atoms with E-state index in [0.29, 0.717) is 24.3 Å². The van der Waals surface area contributed by atoms with E-state index < -0.39 is 0 Å². The summed E-state index contributed by atoms with van der Waals surface area (Å²) in [6, 6.07) is 0. The molecule has 4 heteroatoms. The van der Waals surface area contributed by atoms with Gasteiger partial charge in [0.1, 0.15) is 0 Å². The summed E-state index contributed by atoms with van der Waals surface area (Å²) in [5, 5.41) is 2.69. The van der Waals surface area contributed by atoms with Gasteiger partial charge in [0.05, 0.1) is 12.2 Å². The maximum Gasteiger partial charge on any atom is 0.336 e. The van der Waals surface area contributed by atoms with E-state index in [1.165, 1.54) is 0 Å². The van der Waals surface area contributed by atoms with Gasteiger partial charge in [-0.1, -0.05) is 13.8 Å². The van der Waals surface area contributed by atoms with Crippen LogP contribution in [0.1, 0.15) is 34.1 Å². The summed E-state index contributed by atoms with van der Waals surface area (Å²) in [6.07, 6.45) is 0.364. The monoisotopic (exact) mass is 225 g/mol. The van der Waals surface area contributed by atoms with Gasteiger partial charge in [0.2, 0.25) is 5.91 Å². The van der Waals surface area contributed by atoms with Crippen LogP contribution in [0.15, 0.2) is 11.3 Å². The highest BCUT2D eigenvalue weighted by Crippen LogP contribution is 2.30. The van der Waals surface area contributed by atoms with Crippen LogP contribution in [0.25, 0.3) is 0 Å². The molecule has 0 fully saturated rings. The van der Waals surface area contributed by atoms with Gasteiger partial charge in [-0.3, -0.25) is 4.79 Å². The minimum atomic E-state index is -0.307. The van der Waals surface area contributed by atoms with Crippen molar-refractivity contribution in [1.82, 2.24) is 5.32 Å². The zero-order chi connectivity index (χ0) is 12.3. The van der Waals surface area contributed by atoms with Crippen molar-refractivity contribution in [1.29, 1.82) is 0 Å². The fourth-order valence-electron chi connectivity index (χ4n) is 1.99. The molecular weight excluding hydrogens is 206 g/mol. The molecule has 1 rings (SSSR count). The van der Waals surface area contributed by atoms with Crippen molar-refractivity contribution in [2.24, 2.45) is 11.8 Å². The van der Waals surface area contributed by atoms with Gasteiger partial charge < -0.3 is 10.1 Å². The Bertz CT molecular complexity index is 331. The molecule has 0 spiro atoms. The molecule has 0 saturated carbocycles. The molecule has 1 aliphatic heterocycles. The lowest BCUT2D eigenvalue weighted by atomic mass is 9.82. The van der Waals surface area contributed by atoms with Crippen LogP contribution in [0.5, 0.6) is 0 Å². The second-order valence-electron chi connectivity index (χ2n) is 4.36. The van der Waals surface area contributed by atoms with Crippen molar-refractivity contribution >= 4 is 11.9 Å². The molecule has 1 amide bonds. The number of hydrogen-bond donors (Lipinski definition) is 1. The zero-order valence-corrected chi connectivity index (χ0v) is 10.3. The van der Waals surface area contributed by atoms with Crippen molar-refractivity contribution in [3.8, 4) is 0 Å². The standard InChI is InChI=1S/C12H19NO3/c1-5-16-12(15)11-8(4)13-10(14)6-9(11)7(2)3/h7,9H,5-6H2,1-4H3,(H,13,14)/t9-/m1/s1. The molecule has 0 saturated heterocycles. The summed E-state index contributed by atoms with van der Waals surface area (Å²) in [5.41, 5.74) is 1.25. The van der Waals surface area contributed by atoms with Crippen molar-refractivity contribution < 1.29 is 14.3 Å². The van der Waals surface area contributed by atoms with Gasteiger partial charge >= 0.3 is 5.97 Å². The first-order valence-electron chi connectivity index (χ1n) is 5.65. The van der Waals surface area contributed by atoms with Crippen molar-refractivity contribution in [3.63, 3.8) is 0 Å². The lowest BCUT2D eigenvalue weighted by Gasteiger charge is -2.28. The molecule has 0 aromatic heterocycles. The molecule has 1 atom stereocenters. The predicted octanol–water partition coefficient (Wildman–Crippen LogP) is 1.62. The first-order valence-corrected chi connectivity index (χ1v) is 5.65. The largest absolute Gasteiger partial charge is 0.463 e. The first-order chi connectivity index (χ1) is 7.47. The van der Waals surface area contributed by atoms with Crippen LogP contribution in [0.3, 0.4) is 0 Å². The summed E-state index contributed by atoms with van der Waals surface area (Å²) in [4.78, 5) is 23.2. The maximum atomic E-state index is 11.8. The molecule has 0 bridgehead atoms. The summed E-state index contributed by atoms with van der Waals surface area (Å²) >= 11 is 0. The van der Waals surface area contributed by atoms with Gasteiger partial charge in [-0.2, -0.15) is 0 Å². The Kier molecular flexibility index (Phi) is 4.10. The van der Waals surface area contributed by atoms with Crippen molar-refractivity contribution in [3.05, 3.63) is 11.3 Å². The molecule has 90 valence electrons. The Balaban J connectivity index is 3.02. The van der Waals surface area contributed by atoms with Crippen LogP contribution < -0.4 is 5.32 Å². The molecule has 16 heavy (non-hydrogen) atoms. The van der Waals surface area contributed by atoms with E-state index >= 15 is 0 Å². The van der Waals surface area contributed by atoms with Crippen LogP contribution >= 0.6 is 0 Å². The van der Waals surface area contributed by atoms with E-state index in [1.807, 2.05) is 13.8 Å². The number of esters is 1. The first kappa shape index (κ1) is 12.7. The van der Waals surface area contributed by atoms with E-state index in [9.17, 15) is 9.59 Å². The van der Waals surface area contributed by atoms with E-state index in [2.05, 4.69) is 5.32 Å². The number of ether oxygens (including phenoxy) is 1. The fraction of sp³-hybridized carbons (Fsp3) is 0.667. The van der Waals surface area contributed by atoms with Gasteiger partial charge in [0.25, 0.3) is 0 Å². The number of carbonyl (C=O) groups excluding carboxylic acids is 2. The van der Waals surface area contributed by atoms with E-state index in [1.54, 1.807) is 13.8 Å². The average molecular weight is 225 g/mol. The quantitative estimate of drug-likeness (QED) is 0.742. The highest BCUT2D eigenvalue weighted by molar-refractivity contribution is 5.94. The Morgan fingerprint density at radius 2 is 2.19 bits per heavy atom. The molecule has 1 heterocycles. The van der Waals surface area contributed by atoms with Gasteiger partial charge in [-0.05, 0) is 19.8 Å². The maximum absolute atomic E-state index is 11.8. The third-order valence-electron chi connectivity index (χ3n) is 2.81. The zero-order valence-electron chi connectivity index (χ0n) is 10.3. The topological polar surface area (TPSA) is 55.4 Å². The molecular formula is C12H19NO3. The lowest BCUT2D eigenvalue weighted by molar-refractivity contribution is -0.139. The van der Waals surface area contributed by atoms with Gasteiger partial charge in [0.15, 0.2) is 0 Å². The molecule has 0 aromatic carbocycles. The number of allylic oxidation sites excluding steroid dienone is 1. The minimum absolute atomic E-state index is 0.0238. The Labute approximate surface area is 96.0 Å². The smallest absolute Gasteiger partial charge is 0.336 e. The summed E-state index contributed by atoms with van der Waals surface area (Å²) in [5.74, 6) is -0.115. The molecule has 1 aliphatic rings. The summed E-state index contributed by atoms with van der Waals surface area (Å²) in [7, 11) is 0. The number of amides is 1. The van der Waals surface area contributed by atoms with Crippen LogP contribution in [-0.2, 0) is 14.3 Å². The summed E-state index contributed by atoms with van der Waals surface area (Å²) in [6.45, 7) is 7.90. The lowest BCUT2D eigenvalue weighted by Crippen LogP contribution is -2.37. The van der Waals surface area contributed by atoms with Crippen molar-refractivity contribution in [2.75, 3.05) is 6.61 Å². The van der Waals surface area contributed by atoms with Gasteiger partial charge in [0, 0.05) is 18.0 Å². The third kappa shape index (κ3) is 2.62. The summed E-state index contributed by atoms with van der Waals surface area (Å²) < 4.78 is 5.02. The van der Waals surface area contributed by atoms with Crippen LogP contribution in [-0.4, -0.2) is 18.5 Å². The fourth-order valence-corrected chi connectivity index (χ4v) is 1.99. The van der Waals surface area contributed by atoms with E-state index in [4.69, 9.17) is 4.74 Å². The number of rotatable bonds is 3.